The van der Waals surface area contributed by atoms with Gasteiger partial charge in [-0.3, -0.25) is 4.90 Å². The van der Waals surface area contributed by atoms with Crippen molar-refractivity contribution in [2.45, 2.75) is 6.54 Å². The van der Waals surface area contributed by atoms with Crippen molar-refractivity contribution in [3.05, 3.63) is 29.6 Å². The van der Waals surface area contributed by atoms with Gasteiger partial charge in [-0.05, 0) is 37.1 Å². The molecule has 1 N–H and O–H groups in total. The number of nitrogens with one attached hydrogen (secondary N) is 1. The molecule has 0 aliphatic carbocycles. The lowest BCUT2D eigenvalue weighted by Gasteiger charge is -2.16. The van der Waals surface area contributed by atoms with Crippen molar-refractivity contribution >= 4 is 5.97 Å². The van der Waals surface area contributed by atoms with Gasteiger partial charge in [0, 0.05) is 19.6 Å². The summed E-state index contributed by atoms with van der Waals surface area (Å²) >= 11 is 0. The first kappa shape index (κ1) is 12.6. The second kappa shape index (κ2) is 5.27. The molecule has 5 heteroatoms. The van der Waals surface area contributed by atoms with Crippen LogP contribution in [0, 0.1) is 11.8 Å². The zero-order chi connectivity index (χ0) is 13.2. The van der Waals surface area contributed by atoms with Gasteiger partial charge in [0.25, 0.3) is 0 Å². The van der Waals surface area contributed by atoms with Crippen LogP contribution in [0.4, 0.5) is 0 Å². The van der Waals surface area contributed by atoms with Crippen molar-refractivity contribution < 1.29 is 9.53 Å². The third-order valence-corrected chi connectivity index (χ3v) is 4.05. The summed E-state index contributed by atoms with van der Waals surface area (Å²) in [6.07, 6.45) is 0. The lowest BCUT2D eigenvalue weighted by atomic mass is 10.0. The Balaban J connectivity index is 1.65. The molecular formula is C14H19N3O2. The predicted molar refractivity (Wildman–Crippen MR) is 70.7 cm³/mol. The van der Waals surface area contributed by atoms with E-state index in [4.69, 9.17) is 4.74 Å². The topological polar surface area (TPSA) is 54.5 Å². The van der Waals surface area contributed by atoms with Crippen LogP contribution in [0.5, 0.6) is 0 Å². The zero-order valence-electron chi connectivity index (χ0n) is 11.1. The molecule has 0 unspecified atom stereocenters. The highest BCUT2D eigenvalue weighted by Gasteiger charge is 2.35. The van der Waals surface area contributed by atoms with Crippen LogP contribution in [0.15, 0.2) is 18.2 Å². The van der Waals surface area contributed by atoms with Crippen molar-refractivity contribution in [2.75, 3.05) is 33.3 Å². The fourth-order valence-corrected chi connectivity index (χ4v) is 3.10. The van der Waals surface area contributed by atoms with Crippen LogP contribution in [-0.2, 0) is 11.3 Å². The van der Waals surface area contributed by atoms with Crippen molar-refractivity contribution in [1.29, 1.82) is 0 Å². The van der Waals surface area contributed by atoms with Crippen LogP contribution < -0.4 is 5.32 Å². The first-order chi connectivity index (χ1) is 9.26. The molecule has 3 heterocycles. The Hall–Kier alpha value is -1.46. The number of pyridine rings is 1. The molecule has 0 bridgehead atoms. The Morgan fingerprint density at radius 3 is 2.84 bits per heavy atom. The summed E-state index contributed by atoms with van der Waals surface area (Å²) in [6, 6.07) is 5.53. The van der Waals surface area contributed by atoms with Crippen molar-refractivity contribution in [1.82, 2.24) is 15.2 Å². The molecule has 2 atom stereocenters. The van der Waals surface area contributed by atoms with E-state index in [-0.39, 0.29) is 5.97 Å². The van der Waals surface area contributed by atoms with Gasteiger partial charge in [0.1, 0.15) is 5.69 Å². The minimum absolute atomic E-state index is 0.371. The second-order valence-corrected chi connectivity index (χ2v) is 5.38. The van der Waals surface area contributed by atoms with Gasteiger partial charge in [0.15, 0.2) is 0 Å². The largest absolute Gasteiger partial charge is 0.464 e. The van der Waals surface area contributed by atoms with Gasteiger partial charge < -0.3 is 10.1 Å². The SMILES string of the molecule is COC(=O)c1cccc(CN2C[C@H]3CNC[C@H]3C2)n1. The molecule has 19 heavy (non-hydrogen) atoms. The third-order valence-electron chi connectivity index (χ3n) is 4.05. The summed E-state index contributed by atoms with van der Waals surface area (Å²) in [5.41, 5.74) is 1.33. The van der Waals surface area contributed by atoms with E-state index >= 15 is 0 Å². The number of hydrogen-bond acceptors (Lipinski definition) is 5. The summed E-state index contributed by atoms with van der Waals surface area (Å²) in [5, 5.41) is 3.44. The summed E-state index contributed by atoms with van der Waals surface area (Å²) < 4.78 is 4.70. The monoisotopic (exact) mass is 261 g/mol. The standard InChI is InChI=1S/C14H19N3O2/c1-19-14(18)13-4-2-3-12(16-13)9-17-7-10-5-15-6-11(10)8-17/h2-4,10-11,15H,5-9H2,1H3/t10-,11+. The molecule has 102 valence electrons. The van der Waals surface area contributed by atoms with Crippen LogP contribution >= 0.6 is 0 Å². The van der Waals surface area contributed by atoms with Crippen LogP contribution in [0.2, 0.25) is 0 Å². The van der Waals surface area contributed by atoms with E-state index in [1.54, 1.807) is 6.07 Å². The molecule has 2 saturated heterocycles. The fourth-order valence-electron chi connectivity index (χ4n) is 3.10. The van der Waals surface area contributed by atoms with E-state index in [9.17, 15) is 4.79 Å². The van der Waals surface area contributed by atoms with E-state index in [1.807, 2.05) is 12.1 Å². The Morgan fingerprint density at radius 1 is 1.42 bits per heavy atom. The van der Waals surface area contributed by atoms with Gasteiger partial charge in [-0.1, -0.05) is 6.07 Å². The summed E-state index contributed by atoms with van der Waals surface area (Å²) in [4.78, 5) is 18.3. The van der Waals surface area contributed by atoms with Crippen LogP contribution in [0.3, 0.4) is 0 Å². The molecule has 0 radical (unpaired) electrons. The molecule has 2 fully saturated rings. The van der Waals surface area contributed by atoms with Crippen LogP contribution in [-0.4, -0.2) is 49.1 Å². The number of carbonyl (C=O) groups is 1. The number of aromatic nitrogens is 1. The Morgan fingerprint density at radius 2 is 2.16 bits per heavy atom. The van der Waals surface area contributed by atoms with Gasteiger partial charge in [0.2, 0.25) is 0 Å². The van der Waals surface area contributed by atoms with Crippen LogP contribution in [0.1, 0.15) is 16.2 Å². The maximum atomic E-state index is 11.5. The van der Waals surface area contributed by atoms with Crippen LogP contribution in [0.25, 0.3) is 0 Å². The number of fused-ring (bicyclic) bond motifs is 1. The molecule has 5 nitrogen and oxygen atoms in total. The lowest BCUT2D eigenvalue weighted by Crippen LogP contribution is -2.26. The van der Waals surface area contributed by atoms with Gasteiger partial charge >= 0.3 is 5.97 Å². The maximum Gasteiger partial charge on any atom is 0.356 e. The Kier molecular flexibility index (Phi) is 3.48. The molecule has 0 spiro atoms. The van der Waals surface area contributed by atoms with E-state index in [0.29, 0.717) is 5.69 Å². The molecule has 1 aromatic heterocycles. The molecule has 0 saturated carbocycles. The quantitative estimate of drug-likeness (QED) is 0.804. The van der Waals surface area contributed by atoms with E-state index < -0.39 is 0 Å². The number of likely N-dealkylation sites (tertiary alicyclic amines) is 1. The summed E-state index contributed by atoms with van der Waals surface area (Å²) in [6.45, 7) is 5.34. The Labute approximate surface area is 113 Å². The first-order valence-electron chi connectivity index (χ1n) is 6.73. The van der Waals surface area contributed by atoms with E-state index in [0.717, 1.165) is 50.3 Å². The van der Waals surface area contributed by atoms with Gasteiger partial charge in [0.05, 0.1) is 12.8 Å². The molecule has 2 aliphatic rings. The number of hydrogen-bond donors (Lipinski definition) is 1. The highest BCUT2D eigenvalue weighted by Crippen LogP contribution is 2.27. The number of esters is 1. The molecular weight excluding hydrogens is 242 g/mol. The summed E-state index contributed by atoms with van der Waals surface area (Å²) in [5.74, 6) is 1.19. The average Bonchev–Trinajstić information content (AvgIpc) is 2.99. The molecule has 0 aromatic carbocycles. The predicted octanol–water partition coefficient (Wildman–Crippen LogP) is 0.519. The maximum absolute atomic E-state index is 11.5. The fraction of sp³-hybridized carbons (Fsp3) is 0.571. The number of rotatable bonds is 3. The number of carbonyl (C=O) groups excluding carboxylic acids is 1. The highest BCUT2D eigenvalue weighted by atomic mass is 16.5. The summed E-state index contributed by atoms with van der Waals surface area (Å²) in [7, 11) is 1.38. The average molecular weight is 261 g/mol. The highest BCUT2D eigenvalue weighted by molar-refractivity contribution is 5.87. The minimum atomic E-state index is -0.371. The van der Waals surface area contributed by atoms with Gasteiger partial charge in [-0.15, -0.1) is 0 Å². The molecule has 1 aromatic rings. The zero-order valence-corrected chi connectivity index (χ0v) is 11.1. The third kappa shape index (κ3) is 2.62. The van der Waals surface area contributed by atoms with E-state index in [1.165, 1.54) is 7.11 Å². The molecule has 3 rings (SSSR count). The van der Waals surface area contributed by atoms with Crippen molar-refractivity contribution in [3.8, 4) is 0 Å². The van der Waals surface area contributed by atoms with Crippen molar-refractivity contribution in [3.63, 3.8) is 0 Å². The van der Waals surface area contributed by atoms with Crippen molar-refractivity contribution in [2.24, 2.45) is 11.8 Å². The second-order valence-electron chi connectivity index (χ2n) is 5.38. The number of methoxy groups -OCH3 is 1. The molecule has 2 aliphatic heterocycles. The number of ether oxygens (including phenoxy) is 1. The number of nitrogens with zero attached hydrogens (tertiary/aromatic N) is 2. The normalized spacial score (nSPS) is 26.4. The first-order valence-corrected chi connectivity index (χ1v) is 6.73. The van der Waals surface area contributed by atoms with E-state index in [2.05, 4.69) is 15.2 Å². The minimum Gasteiger partial charge on any atom is -0.464 e. The smallest absolute Gasteiger partial charge is 0.356 e. The molecule has 0 amide bonds. The van der Waals surface area contributed by atoms with Gasteiger partial charge in [-0.2, -0.15) is 0 Å². The Bertz CT molecular complexity index is 466. The lowest BCUT2D eigenvalue weighted by molar-refractivity contribution is 0.0593. The van der Waals surface area contributed by atoms with Gasteiger partial charge in [-0.25, -0.2) is 9.78 Å².